The molecule has 0 bridgehead atoms. The number of hydrogen-bond donors (Lipinski definition) is 0. The summed E-state index contributed by atoms with van der Waals surface area (Å²) in [6.45, 7) is 0. The molecule has 0 amide bonds. The largest absolute Gasteiger partial charge is 0.457 e. The van der Waals surface area contributed by atoms with Crippen LogP contribution in [0.15, 0.2) is 176 Å². The van der Waals surface area contributed by atoms with Crippen LogP contribution in [0.3, 0.4) is 0 Å². The third-order valence-corrected chi connectivity index (χ3v) is 11.5. The average Bonchev–Trinajstić information content (AvgIpc) is 3.53. The summed E-state index contributed by atoms with van der Waals surface area (Å²) in [6, 6.07) is 60.6. The molecule has 1 unspecified atom stereocenters. The van der Waals surface area contributed by atoms with Crippen LogP contribution in [0.1, 0.15) is 22.3 Å². The SMILES string of the molecule is c1ccc2c(c1)Oc1ccc(-c3ccc4ccc5ccccc5c4n3)cc1C21c2ccccc2-c2ccc(-c3ccc4ccc5cccnc5c4n3)cc21. The highest BCUT2D eigenvalue weighted by atomic mass is 16.5. The Morgan fingerprint density at radius 3 is 1.85 bits per heavy atom. The predicted molar refractivity (Wildman–Crippen MR) is 218 cm³/mol. The first-order valence-corrected chi connectivity index (χ1v) is 18.3. The Labute approximate surface area is 311 Å². The number of para-hydroxylation sites is 1. The van der Waals surface area contributed by atoms with Crippen molar-refractivity contribution in [1.82, 2.24) is 15.0 Å². The van der Waals surface area contributed by atoms with Crippen LogP contribution in [0.25, 0.3) is 77.1 Å². The fourth-order valence-corrected chi connectivity index (χ4v) is 9.12. The molecule has 0 saturated carbocycles. The van der Waals surface area contributed by atoms with Crippen molar-refractivity contribution in [1.29, 1.82) is 0 Å². The van der Waals surface area contributed by atoms with Gasteiger partial charge in [-0.3, -0.25) is 4.98 Å². The molecule has 0 fully saturated rings. The van der Waals surface area contributed by atoms with E-state index in [0.29, 0.717) is 0 Å². The number of hydrogen-bond acceptors (Lipinski definition) is 4. The Hall–Kier alpha value is -7.17. The predicted octanol–water partition coefficient (Wildman–Crippen LogP) is 12.3. The molecule has 4 nitrogen and oxygen atoms in total. The number of rotatable bonds is 2. The van der Waals surface area contributed by atoms with Crippen LogP contribution in [0.5, 0.6) is 11.5 Å². The maximum atomic E-state index is 6.78. The van der Waals surface area contributed by atoms with E-state index in [1.807, 2.05) is 12.3 Å². The summed E-state index contributed by atoms with van der Waals surface area (Å²) in [6.07, 6.45) is 1.84. The molecule has 250 valence electrons. The van der Waals surface area contributed by atoms with Gasteiger partial charge < -0.3 is 4.74 Å². The van der Waals surface area contributed by atoms with Gasteiger partial charge in [0.25, 0.3) is 0 Å². The molecule has 2 aliphatic rings. The molecule has 1 aliphatic carbocycles. The lowest BCUT2D eigenvalue weighted by molar-refractivity contribution is 0.436. The van der Waals surface area contributed by atoms with Crippen LogP contribution in [-0.2, 0) is 5.41 Å². The summed E-state index contributed by atoms with van der Waals surface area (Å²) in [5, 5.41) is 5.62. The van der Waals surface area contributed by atoms with Gasteiger partial charge in [-0.25, -0.2) is 9.97 Å². The first-order chi connectivity index (χ1) is 26.7. The monoisotopic (exact) mass is 687 g/mol. The van der Waals surface area contributed by atoms with Crippen LogP contribution in [0, 0.1) is 0 Å². The van der Waals surface area contributed by atoms with Gasteiger partial charge in [-0.05, 0) is 76.2 Å². The van der Waals surface area contributed by atoms with Gasteiger partial charge >= 0.3 is 0 Å². The molecule has 0 saturated heterocycles. The van der Waals surface area contributed by atoms with Gasteiger partial charge in [-0.2, -0.15) is 0 Å². The fraction of sp³-hybridized carbons (Fsp3) is 0.0200. The molecule has 1 atom stereocenters. The lowest BCUT2D eigenvalue weighted by atomic mass is 9.65. The molecule has 3 aromatic heterocycles. The number of fused-ring (bicyclic) bond motifs is 15. The van der Waals surface area contributed by atoms with Gasteiger partial charge in [0.15, 0.2) is 0 Å². The molecular weight excluding hydrogens is 659 g/mol. The molecule has 4 heteroatoms. The maximum absolute atomic E-state index is 6.78. The second-order valence-corrected chi connectivity index (χ2v) is 14.3. The van der Waals surface area contributed by atoms with Gasteiger partial charge in [0.05, 0.1) is 33.4 Å². The second-order valence-electron chi connectivity index (χ2n) is 14.3. The summed E-state index contributed by atoms with van der Waals surface area (Å²) in [4.78, 5) is 15.3. The van der Waals surface area contributed by atoms with Crippen LogP contribution >= 0.6 is 0 Å². The summed E-state index contributed by atoms with van der Waals surface area (Å²) in [5.74, 6) is 1.71. The molecule has 0 N–H and O–H groups in total. The zero-order valence-corrected chi connectivity index (χ0v) is 29.0. The number of benzene rings is 7. The third kappa shape index (κ3) is 3.99. The Balaban J connectivity index is 1.12. The summed E-state index contributed by atoms with van der Waals surface area (Å²) in [5.41, 5.74) is 13.2. The van der Waals surface area contributed by atoms with Gasteiger partial charge in [-0.1, -0.05) is 121 Å². The molecule has 12 rings (SSSR count). The Bertz CT molecular complexity index is 3220. The van der Waals surface area contributed by atoms with Crippen molar-refractivity contribution in [3.05, 3.63) is 198 Å². The minimum atomic E-state index is -0.642. The van der Waals surface area contributed by atoms with Crippen molar-refractivity contribution >= 4 is 43.5 Å². The molecule has 4 heterocycles. The number of pyridine rings is 3. The van der Waals surface area contributed by atoms with E-state index < -0.39 is 5.41 Å². The summed E-state index contributed by atoms with van der Waals surface area (Å²) in [7, 11) is 0. The number of nitrogens with zero attached hydrogens (tertiary/aromatic N) is 3. The quantitative estimate of drug-likeness (QED) is 0.170. The van der Waals surface area contributed by atoms with E-state index in [1.165, 1.54) is 27.6 Å². The van der Waals surface area contributed by atoms with Crippen molar-refractivity contribution in [3.63, 3.8) is 0 Å². The fourth-order valence-electron chi connectivity index (χ4n) is 9.12. The van der Waals surface area contributed by atoms with Crippen LogP contribution in [0.2, 0.25) is 0 Å². The van der Waals surface area contributed by atoms with Crippen LogP contribution in [0.4, 0.5) is 0 Å². The molecule has 54 heavy (non-hydrogen) atoms. The Kier molecular flexibility index (Phi) is 5.95. The van der Waals surface area contributed by atoms with E-state index in [-0.39, 0.29) is 0 Å². The summed E-state index contributed by atoms with van der Waals surface area (Å²) < 4.78 is 6.78. The zero-order chi connectivity index (χ0) is 35.4. The minimum absolute atomic E-state index is 0.642. The highest BCUT2D eigenvalue weighted by molar-refractivity contribution is 6.06. The lowest BCUT2D eigenvalue weighted by Crippen LogP contribution is -2.32. The highest BCUT2D eigenvalue weighted by Gasteiger charge is 2.51. The van der Waals surface area contributed by atoms with Gasteiger partial charge in [-0.15, -0.1) is 0 Å². The molecule has 1 spiro atoms. The molecule has 0 radical (unpaired) electrons. The molecular formula is C50H29N3O. The molecule has 7 aromatic carbocycles. The second kappa shape index (κ2) is 10.9. The first-order valence-electron chi connectivity index (χ1n) is 18.3. The van der Waals surface area contributed by atoms with E-state index >= 15 is 0 Å². The highest BCUT2D eigenvalue weighted by Crippen LogP contribution is 2.62. The topological polar surface area (TPSA) is 47.9 Å². The average molecular weight is 688 g/mol. The third-order valence-electron chi connectivity index (χ3n) is 11.5. The first kappa shape index (κ1) is 29.4. The number of ether oxygens (including phenoxy) is 1. The smallest absolute Gasteiger partial charge is 0.132 e. The van der Waals surface area contributed by atoms with Gasteiger partial charge in [0, 0.05) is 50.0 Å². The van der Waals surface area contributed by atoms with Crippen LogP contribution < -0.4 is 4.74 Å². The minimum Gasteiger partial charge on any atom is -0.457 e. The Morgan fingerprint density at radius 1 is 0.389 bits per heavy atom. The van der Waals surface area contributed by atoms with Gasteiger partial charge in [0.1, 0.15) is 11.5 Å². The van der Waals surface area contributed by atoms with E-state index in [4.69, 9.17) is 19.7 Å². The van der Waals surface area contributed by atoms with Crippen molar-refractivity contribution in [2.24, 2.45) is 0 Å². The van der Waals surface area contributed by atoms with E-state index in [0.717, 1.165) is 83.2 Å². The zero-order valence-electron chi connectivity index (χ0n) is 29.0. The summed E-state index contributed by atoms with van der Waals surface area (Å²) >= 11 is 0. The maximum Gasteiger partial charge on any atom is 0.132 e. The van der Waals surface area contributed by atoms with Crippen molar-refractivity contribution < 1.29 is 4.74 Å². The van der Waals surface area contributed by atoms with Crippen molar-refractivity contribution in [2.45, 2.75) is 5.41 Å². The normalized spacial score (nSPS) is 15.3. The van der Waals surface area contributed by atoms with E-state index in [1.54, 1.807) is 0 Å². The van der Waals surface area contributed by atoms with Crippen molar-refractivity contribution in [2.75, 3.05) is 0 Å². The van der Waals surface area contributed by atoms with E-state index in [2.05, 4.69) is 164 Å². The molecule has 1 aliphatic heterocycles. The Morgan fingerprint density at radius 2 is 0.981 bits per heavy atom. The standard InChI is InChI=1S/C50H29N3O/c1-2-10-36-30(8-1)15-16-32-20-24-43(52-47(32)36)35-22-26-46-42(29-35)50(40-13-5-6-14-45(40)54-46)39-12-4-3-11-37(39)38-23-19-34(28-41(38)50)44-25-21-33-18-17-31-9-7-27-51-48(31)49(33)53-44/h1-29H. The molecule has 10 aromatic rings. The number of aromatic nitrogens is 3. The van der Waals surface area contributed by atoms with Gasteiger partial charge in [0.2, 0.25) is 0 Å². The lowest BCUT2D eigenvalue weighted by Gasteiger charge is -2.39. The van der Waals surface area contributed by atoms with E-state index in [9.17, 15) is 0 Å². The van der Waals surface area contributed by atoms with Crippen LogP contribution in [-0.4, -0.2) is 15.0 Å². The van der Waals surface area contributed by atoms with Crippen molar-refractivity contribution in [3.8, 4) is 45.1 Å².